The van der Waals surface area contributed by atoms with Crippen LogP contribution in [0.1, 0.15) is 24.5 Å². The van der Waals surface area contributed by atoms with Gasteiger partial charge in [-0.15, -0.1) is 0 Å². The fraction of sp³-hybridized carbons (Fsp3) is 0.600. The first-order chi connectivity index (χ1) is 9.06. The maximum Gasteiger partial charge on any atom is 0.122 e. The lowest BCUT2D eigenvalue weighted by Crippen LogP contribution is -2.39. The van der Waals surface area contributed by atoms with Gasteiger partial charge in [0.1, 0.15) is 18.5 Å². The number of hydrogen-bond donors (Lipinski definition) is 3. The minimum Gasteiger partial charge on any atom is -0.491 e. The summed E-state index contributed by atoms with van der Waals surface area (Å²) < 4.78 is 5.63. The van der Waals surface area contributed by atoms with Gasteiger partial charge in [-0.25, -0.2) is 0 Å². The molecule has 0 spiro atoms. The van der Waals surface area contributed by atoms with Crippen LogP contribution in [0, 0.1) is 13.8 Å². The molecule has 0 aliphatic rings. The van der Waals surface area contributed by atoms with Crippen molar-refractivity contribution in [2.45, 2.75) is 39.3 Å². The molecule has 0 heterocycles. The molecule has 0 fully saturated rings. The smallest absolute Gasteiger partial charge is 0.122 e. The lowest BCUT2D eigenvalue weighted by molar-refractivity contribution is 0.0991. The molecular formula is C15H25NO3. The minimum absolute atomic E-state index is 0.0374. The average Bonchev–Trinajstić information content (AvgIpc) is 2.41. The van der Waals surface area contributed by atoms with Crippen LogP contribution in [0.2, 0.25) is 0 Å². The van der Waals surface area contributed by atoms with Gasteiger partial charge >= 0.3 is 0 Å². The Morgan fingerprint density at radius 2 is 2.05 bits per heavy atom. The van der Waals surface area contributed by atoms with Crippen molar-refractivity contribution in [1.82, 2.24) is 5.32 Å². The van der Waals surface area contributed by atoms with Crippen molar-refractivity contribution < 1.29 is 14.9 Å². The number of hydrogen-bond acceptors (Lipinski definition) is 4. The molecule has 2 atom stereocenters. The van der Waals surface area contributed by atoms with Gasteiger partial charge in [0.05, 0.1) is 6.61 Å². The Balaban J connectivity index is 2.37. The van der Waals surface area contributed by atoms with E-state index in [0.717, 1.165) is 23.3 Å². The van der Waals surface area contributed by atoms with Crippen molar-refractivity contribution in [2.75, 3.05) is 19.8 Å². The lowest BCUT2D eigenvalue weighted by Gasteiger charge is -2.18. The SMILES string of the molecule is CC[C@H](CO)NC[C@H](O)COc1cc(C)ccc1C. The summed E-state index contributed by atoms with van der Waals surface area (Å²) in [5, 5.41) is 22.0. The molecule has 0 amide bonds. The lowest BCUT2D eigenvalue weighted by atomic mass is 10.1. The van der Waals surface area contributed by atoms with Crippen molar-refractivity contribution in [3.8, 4) is 5.75 Å². The van der Waals surface area contributed by atoms with Crippen LogP contribution in [0.25, 0.3) is 0 Å². The number of aliphatic hydroxyl groups is 2. The number of aryl methyl sites for hydroxylation is 2. The van der Waals surface area contributed by atoms with E-state index >= 15 is 0 Å². The Hall–Kier alpha value is -1.10. The van der Waals surface area contributed by atoms with E-state index in [1.165, 1.54) is 0 Å². The summed E-state index contributed by atoms with van der Waals surface area (Å²) in [6, 6.07) is 6.05. The largest absolute Gasteiger partial charge is 0.491 e. The van der Waals surface area contributed by atoms with E-state index in [4.69, 9.17) is 9.84 Å². The molecule has 0 aromatic heterocycles. The van der Waals surface area contributed by atoms with Crippen molar-refractivity contribution in [2.24, 2.45) is 0 Å². The first kappa shape index (κ1) is 16.0. The summed E-state index contributed by atoms with van der Waals surface area (Å²) in [7, 11) is 0. The Morgan fingerprint density at radius 1 is 1.32 bits per heavy atom. The van der Waals surface area contributed by atoms with Crippen molar-refractivity contribution in [3.05, 3.63) is 29.3 Å². The summed E-state index contributed by atoms with van der Waals surface area (Å²) >= 11 is 0. The van der Waals surface area contributed by atoms with Gasteiger partial charge in [-0.3, -0.25) is 0 Å². The second kappa shape index (κ2) is 8.15. The second-order valence-corrected chi connectivity index (χ2v) is 4.93. The molecule has 0 radical (unpaired) electrons. The van der Waals surface area contributed by atoms with Crippen LogP contribution in [0.4, 0.5) is 0 Å². The standard InChI is InChI=1S/C15H25NO3/c1-4-13(9-17)16-8-14(18)10-19-15-7-11(2)5-6-12(15)3/h5-7,13-14,16-18H,4,8-10H2,1-3H3/t13-,14+/m1/s1. The third-order valence-electron chi connectivity index (χ3n) is 3.13. The molecule has 0 saturated heterocycles. The van der Waals surface area contributed by atoms with E-state index in [0.29, 0.717) is 6.54 Å². The Kier molecular flexibility index (Phi) is 6.84. The van der Waals surface area contributed by atoms with Crippen LogP contribution < -0.4 is 10.1 Å². The van der Waals surface area contributed by atoms with Crippen molar-refractivity contribution in [1.29, 1.82) is 0 Å². The molecule has 0 aliphatic carbocycles. The maximum atomic E-state index is 9.84. The molecule has 0 saturated carbocycles. The van der Waals surface area contributed by atoms with Gasteiger partial charge in [0.15, 0.2) is 0 Å². The molecule has 0 bridgehead atoms. The predicted molar refractivity (Wildman–Crippen MR) is 76.6 cm³/mol. The summed E-state index contributed by atoms with van der Waals surface area (Å²) in [6.07, 6.45) is 0.252. The summed E-state index contributed by atoms with van der Waals surface area (Å²) in [4.78, 5) is 0. The number of rotatable bonds is 8. The zero-order chi connectivity index (χ0) is 14.3. The van der Waals surface area contributed by atoms with E-state index in [9.17, 15) is 5.11 Å². The predicted octanol–water partition coefficient (Wildman–Crippen LogP) is 1.40. The zero-order valence-electron chi connectivity index (χ0n) is 12.0. The van der Waals surface area contributed by atoms with Gasteiger partial charge in [-0.1, -0.05) is 19.1 Å². The number of nitrogens with one attached hydrogen (secondary N) is 1. The number of benzene rings is 1. The average molecular weight is 267 g/mol. The summed E-state index contributed by atoms with van der Waals surface area (Å²) in [5.74, 6) is 0.813. The number of ether oxygens (including phenoxy) is 1. The van der Waals surface area contributed by atoms with E-state index in [2.05, 4.69) is 5.32 Å². The van der Waals surface area contributed by atoms with Gasteiger partial charge in [0, 0.05) is 12.6 Å². The molecule has 1 aromatic rings. The van der Waals surface area contributed by atoms with Gasteiger partial charge < -0.3 is 20.3 Å². The normalized spacial score (nSPS) is 14.2. The molecule has 0 unspecified atom stereocenters. The molecule has 4 nitrogen and oxygen atoms in total. The van der Waals surface area contributed by atoms with Gasteiger partial charge in [0.2, 0.25) is 0 Å². The first-order valence-electron chi connectivity index (χ1n) is 6.79. The molecule has 4 heteroatoms. The molecular weight excluding hydrogens is 242 g/mol. The fourth-order valence-corrected chi connectivity index (χ4v) is 1.75. The van der Waals surface area contributed by atoms with Crippen LogP contribution in [-0.2, 0) is 0 Å². The molecule has 1 aromatic carbocycles. The highest BCUT2D eigenvalue weighted by atomic mass is 16.5. The van der Waals surface area contributed by atoms with E-state index < -0.39 is 6.10 Å². The van der Waals surface area contributed by atoms with E-state index in [1.54, 1.807) is 0 Å². The fourth-order valence-electron chi connectivity index (χ4n) is 1.75. The second-order valence-electron chi connectivity index (χ2n) is 4.93. The van der Waals surface area contributed by atoms with E-state index in [1.807, 2.05) is 39.0 Å². The third kappa shape index (κ3) is 5.59. The Morgan fingerprint density at radius 3 is 2.68 bits per heavy atom. The highest BCUT2D eigenvalue weighted by molar-refractivity contribution is 5.35. The van der Waals surface area contributed by atoms with Crippen molar-refractivity contribution >= 4 is 0 Å². The van der Waals surface area contributed by atoms with Crippen LogP contribution in [0.15, 0.2) is 18.2 Å². The zero-order valence-corrected chi connectivity index (χ0v) is 12.0. The molecule has 0 aliphatic heterocycles. The highest BCUT2D eigenvalue weighted by Crippen LogP contribution is 2.19. The van der Waals surface area contributed by atoms with Crippen LogP contribution >= 0.6 is 0 Å². The monoisotopic (exact) mass is 267 g/mol. The van der Waals surface area contributed by atoms with Crippen LogP contribution in [0.3, 0.4) is 0 Å². The molecule has 3 N–H and O–H groups in total. The highest BCUT2D eigenvalue weighted by Gasteiger charge is 2.10. The van der Waals surface area contributed by atoms with Gasteiger partial charge in [-0.2, -0.15) is 0 Å². The molecule has 108 valence electrons. The van der Waals surface area contributed by atoms with Crippen LogP contribution in [-0.4, -0.2) is 42.1 Å². The Bertz CT molecular complexity index is 378. The van der Waals surface area contributed by atoms with Gasteiger partial charge in [-0.05, 0) is 37.5 Å². The first-order valence-corrected chi connectivity index (χ1v) is 6.79. The minimum atomic E-state index is -0.583. The van der Waals surface area contributed by atoms with E-state index in [-0.39, 0.29) is 19.3 Å². The summed E-state index contributed by atoms with van der Waals surface area (Å²) in [5.41, 5.74) is 2.20. The van der Waals surface area contributed by atoms with Crippen LogP contribution in [0.5, 0.6) is 5.75 Å². The number of aliphatic hydroxyl groups excluding tert-OH is 2. The summed E-state index contributed by atoms with van der Waals surface area (Å²) in [6.45, 7) is 6.74. The molecule has 19 heavy (non-hydrogen) atoms. The molecule has 1 rings (SSSR count). The van der Waals surface area contributed by atoms with Gasteiger partial charge in [0.25, 0.3) is 0 Å². The topological polar surface area (TPSA) is 61.7 Å². The quantitative estimate of drug-likeness (QED) is 0.666. The van der Waals surface area contributed by atoms with Crippen molar-refractivity contribution in [3.63, 3.8) is 0 Å². The Labute approximate surface area is 115 Å². The maximum absolute atomic E-state index is 9.84. The third-order valence-corrected chi connectivity index (χ3v) is 3.13.